The molecule has 0 heterocycles. The number of hydrogen-bond acceptors (Lipinski definition) is 3. The summed E-state index contributed by atoms with van der Waals surface area (Å²) < 4.78 is 5.65. The summed E-state index contributed by atoms with van der Waals surface area (Å²) in [5, 5.41) is 3.14. The Morgan fingerprint density at radius 3 is 2.22 bits per heavy atom. The van der Waals surface area contributed by atoms with Gasteiger partial charge in [0.05, 0.1) is 5.41 Å². The SMILES string of the molecule is CNC(C)C(OC(=O)C(C)(C)C)c1ccccc1. The van der Waals surface area contributed by atoms with Crippen molar-refractivity contribution in [2.24, 2.45) is 5.41 Å². The molecule has 0 aliphatic heterocycles. The quantitative estimate of drug-likeness (QED) is 0.834. The van der Waals surface area contributed by atoms with E-state index in [0.29, 0.717) is 0 Å². The van der Waals surface area contributed by atoms with Crippen LogP contribution in [0.1, 0.15) is 39.4 Å². The number of esters is 1. The van der Waals surface area contributed by atoms with Crippen molar-refractivity contribution in [2.75, 3.05) is 7.05 Å². The highest BCUT2D eigenvalue weighted by molar-refractivity contribution is 5.75. The number of carbonyl (C=O) groups is 1. The van der Waals surface area contributed by atoms with Gasteiger partial charge in [-0.1, -0.05) is 30.3 Å². The first-order valence-electron chi connectivity index (χ1n) is 6.29. The molecule has 18 heavy (non-hydrogen) atoms. The Kier molecular flexibility index (Phi) is 4.91. The summed E-state index contributed by atoms with van der Waals surface area (Å²) in [4.78, 5) is 12.0. The van der Waals surface area contributed by atoms with Crippen molar-refractivity contribution < 1.29 is 9.53 Å². The molecule has 0 bridgehead atoms. The van der Waals surface area contributed by atoms with Crippen LogP contribution in [0.4, 0.5) is 0 Å². The van der Waals surface area contributed by atoms with Crippen molar-refractivity contribution >= 4 is 5.97 Å². The third kappa shape index (κ3) is 3.84. The van der Waals surface area contributed by atoms with E-state index >= 15 is 0 Å². The zero-order valence-corrected chi connectivity index (χ0v) is 11.9. The lowest BCUT2D eigenvalue weighted by molar-refractivity contribution is -0.160. The fourth-order valence-corrected chi connectivity index (χ4v) is 1.54. The monoisotopic (exact) mass is 249 g/mol. The number of carbonyl (C=O) groups excluding carboxylic acids is 1. The van der Waals surface area contributed by atoms with Crippen LogP contribution < -0.4 is 5.32 Å². The molecule has 0 spiro atoms. The van der Waals surface area contributed by atoms with Gasteiger partial charge in [0.25, 0.3) is 0 Å². The maximum absolute atomic E-state index is 12.0. The largest absolute Gasteiger partial charge is 0.455 e. The van der Waals surface area contributed by atoms with Crippen LogP contribution in [0.3, 0.4) is 0 Å². The fourth-order valence-electron chi connectivity index (χ4n) is 1.54. The smallest absolute Gasteiger partial charge is 0.311 e. The van der Waals surface area contributed by atoms with Crippen molar-refractivity contribution in [2.45, 2.75) is 39.8 Å². The molecule has 1 N–H and O–H groups in total. The van der Waals surface area contributed by atoms with E-state index in [2.05, 4.69) is 5.32 Å². The maximum Gasteiger partial charge on any atom is 0.311 e. The molecule has 100 valence electrons. The zero-order valence-electron chi connectivity index (χ0n) is 11.9. The van der Waals surface area contributed by atoms with E-state index in [-0.39, 0.29) is 18.1 Å². The van der Waals surface area contributed by atoms with Crippen LogP contribution in [-0.4, -0.2) is 19.1 Å². The topological polar surface area (TPSA) is 38.3 Å². The lowest BCUT2D eigenvalue weighted by atomic mass is 9.96. The Labute approximate surface area is 110 Å². The van der Waals surface area contributed by atoms with Gasteiger partial charge in [-0.3, -0.25) is 4.79 Å². The highest BCUT2D eigenvalue weighted by Crippen LogP contribution is 2.25. The first-order chi connectivity index (χ1) is 8.36. The van der Waals surface area contributed by atoms with Crippen molar-refractivity contribution in [3.63, 3.8) is 0 Å². The number of hydrogen-bond donors (Lipinski definition) is 1. The van der Waals surface area contributed by atoms with Gasteiger partial charge in [0.15, 0.2) is 0 Å². The molecular weight excluding hydrogens is 226 g/mol. The number of benzene rings is 1. The highest BCUT2D eigenvalue weighted by Gasteiger charge is 2.29. The molecule has 1 aromatic rings. The van der Waals surface area contributed by atoms with Crippen molar-refractivity contribution in [3.8, 4) is 0 Å². The maximum atomic E-state index is 12.0. The first kappa shape index (κ1) is 14.7. The molecular formula is C15H23NO2. The molecule has 0 saturated heterocycles. The van der Waals surface area contributed by atoms with Gasteiger partial charge in [0, 0.05) is 6.04 Å². The first-order valence-corrected chi connectivity index (χ1v) is 6.29. The van der Waals surface area contributed by atoms with Crippen LogP contribution in [0.2, 0.25) is 0 Å². The zero-order chi connectivity index (χ0) is 13.8. The molecule has 3 heteroatoms. The van der Waals surface area contributed by atoms with Crippen molar-refractivity contribution in [3.05, 3.63) is 35.9 Å². The normalized spacial score (nSPS) is 14.9. The summed E-state index contributed by atoms with van der Waals surface area (Å²) in [5.41, 5.74) is 0.525. The third-order valence-corrected chi connectivity index (χ3v) is 2.88. The average molecular weight is 249 g/mol. The van der Waals surface area contributed by atoms with Gasteiger partial charge in [-0.2, -0.15) is 0 Å². The van der Waals surface area contributed by atoms with Gasteiger partial charge >= 0.3 is 5.97 Å². The van der Waals surface area contributed by atoms with Crippen LogP contribution in [-0.2, 0) is 9.53 Å². The van der Waals surface area contributed by atoms with Crippen LogP contribution in [0.5, 0.6) is 0 Å². The summed E-state index contributed by atoms with van der Waals surface area (Å²) in [7, 11) is 1.87. The molecule has 2 unspecified atom stereocenters. The summed E-state index contributed by atoms with van der Waals surface area (Å²) >= 11 is 0. The van der Waals surface area contributed by atoms with Crippen LogP contribution >= 0.6 is 0 Å². The van der Waals surface area contributed by atoms with Crippen LogP contribution in [0.15, 0.2) is 30.3 Å². The average Bonchev–Trinajstić information content (AvgIpc) is 2.34. The molecule has 3 nitrogen and oxygen atoms in total. The molecule has 0 aliphatic carbocycles. The minimum atomic E-state index is -0.486. The summed E-state index contributed by atoms with van der Waals surface area (Å²) in [6.45, 7) is 7.60. The number of likely N-dealkylation sites (N-methyl/N-ethyl adjacent to an activating group) is 1. The third-order valence-electron chi connectivity index (χ3n) is 2.88. The second-order valence-corrected chi connectivity index (χ2v) is 5.56. The summed E-state index contributed by atoms with van der Waals surface area (Å²) in [6, 6.07) is 9.89. The van der Waals surface area contributed by atoms with Gasteiger partial charge in [-0.05, 0) is 40.3 Å². The molecule has 0 amide bonds. The van der Waals surface area contributed by atoms with Crippen molar-refractivity contribution in [1.82, 2.24) is 5.32 Å². The number of rotatable bonds is 4. The molecule has 2 atom stereocenters. The van der Waals surface area contributed by atoms with E-state index in [9.17, 15) is 4.79 Å². The van der Waals surface area contributed by atoms with Crippen molar-refractivity contribution in [1.29, 1.82) is 0 Å². The van der Waals surface area contributed by atoms with Gasteiger partial charge < -0.3 is 10.1 Å². The number of nitrogens with one attached hydrogen (secondary N) is 1. The van der Waals surface area contributed by atoms with Gasteiger partial charge in [0.2, 0.25) is 0 Å². The summed E-state index contributed by atoms with van der Waals surface area (Å²) in [6.07, 6.45) is -0.261. The predicted octanol–water partition coefficient (Wildman–Crippen LogP) is 2.92. The predicted molar refractivity (Wildman–Crippen MR) is 73.3 cm³/mol. The Morgan fingerprint density at radius 2 is 1.78 bits per heavy atom. The second-order valence-electron chi connectivity index (χ2n) is 5.56. The minimum absolute atomic E-state index is 0.0682. The molecule has 1 aromatic carbocycles. The lowest BCUT2D eigenvalue weighted by Crippen LogP contribution is -2.35. The molecule has 0 aliphatic rings. The summed E-state index contributed by atoms with van der Waals surface area (Å²) in [5.74, 6) is -0.182. The molecule has 0 fully saturated rings. The van der Waals surface area contributed by atoms with E-state index in [1.807, 2.05) is 65.1 Å². The highest BCUT2D eigenvalue weighted by atomic mass is 16.5. The van der Waals surface area contributed by atoms with E-state index in [0.717, 1.165) is 5.56 Å². The fraction of sp³-hybridized carbons (Fsp3) is 0.533. The molecule has 0 aromatic heterocycles. The van der Waals surface area contributed by atoms with Gasteiger partial charge in [-0.25, -0.2) is 0 Å². The van der Waals surface area contributed by atoms with Gasteiger partial charge in [0.1, 0.15) is 6.10 Å². The molecule has 0 radical (unpaired) electrons. The van der Waals surface area contributed by atoms with Gasteiger partial charge in [-0.15, -0.1) is 0 Å². The van der Waals surface area contributed by atoms with Crippen LogP contribution in [0, 0.1) is 5.41 Å². The Bertz CT molecular complexity index is 381. The van der Waals surface area contributed by atoms with E-state index in [1.54, 1.807) is 0 Å². The van der Waals surface area contributed by atoms with E-state index < -0.39 is 5.41 Å². The standard InChI is InChI=1S/C15H23NO2/c1-11(16-5)13(12-9-7-6-8-10-12)18-14(17)15(2,3)4/h6-11,13,16H,1-5H3. The molecule has 1 rings (SSSR count). The van der Waals surface area contributed by atoms with E-state index in [1.165, 1.54) is 0 Å². The Balaban J connectivity index is 2.91. The lowest BCUT2D eigenvalue weighted by Gasteiger charge is -2.27. The Morgan fingerprint density at radius 1 is 1.22 bits per heavy atom. The van der Waals surface area contributed by atoms with Crippen LogP contribution in [0.25, 0.3) is 0 Å². The number of ether oxygens (including phenoxy) is 1. The minimum Gasteiger partial charge on any atom is -0.455 e. The molecule has 0 saturated carbocycles. The second kappa shape index (κ2) is 6.01. The van der Waals surface area contributed by atoms with E-state index in [4.69, 9.17) is 4.74 Å². The Hall–Kier alpha value is -1.35.